The molecule has 29 heavy (non-hydrogen) atoms. The Bertz CT molecular complexity index is 792. The summed E-state index contributed by atoms with van der Waals surface area (Å²) in [6.07, 6.45) is 12.5. The molecule has 0 unspecified atom stereocenters. The van der Waals surface area contributed by atoms with Gasteiger partial charge in [-0.05, 0) is 68.1 Å². The van der Waals surface area contributed by atoms with Crippen molar-refractivity contribution in [1.82, 2.24) is 24.8 Å². The molecule has 2 saturated heterocycles. The van der Waals surface area contributed by atoms with Crippen molar-refractivity contribution in [3.8, 4) is 0 Å². The molecule has 4 saturated carbocycles. The number of hydrogen-bond donors (Lipinski definition) is 0. The van der Waals surface area contributed by atoms with Crippen LogP contribution in [0.5, 0.6) is 0 Å². The summed E-state index contributed by atoms with van der Waals surface area (Å²) in [7, 11) is 0. The third kappa shape index (κ3) is 3.17. The van der Waals surface area contributed by atoms with Crippen molar-refractivity contribution >= 4 is 11.8 Å². The summed E-state index contributed by atoms with van der Waals surface area (Å²) in [5, 5.41) is 8.52. The van der Waals surface area contributed by atoms with E-state index in [1.54, 1.807) is 0 Å². The molecule has 6 aliphatic rings. The Balaban J connectivity index is 1.03. The zero-order chi connectivity index (χ0) is 19.6. The molecule has 7 rings (SSSR count). The van der Waals surface area contributed by atoms with Crippen molar-refractivity contribution in [3.63, 3.8) is 0 Å². The highest BCUT2D eigenvalue weighted by Crippen LogP contribution is 2.61. The molecule has 6 fully saturated rings. The van der Waals surface area contributed by atoms with E-state index in [1.807, 2.05) is 20.7 Å². The molecule has 0 aromatic carbocycles. The first-order valence-electron chi connectivity index (χ1n) is 11.5. The summed E-state index contributed by atoms with van der Waals surface area (Å²) in [6.45, 7) is 2.87. The van der Waals surface area contributed by atoms with Crippen LogP contribution in [-0.4, -0.2) is 56.2 Å². The minimum atomic E-state index is 0.213. The van der Waals surface area contributed by atoms with Crippen LogP contribution >= 0.6 is 0 Å². The normalized spacial score (nSPS) is 36.1. The van der Waals surface area contributed by atoms with Gasteiger partial charge in [-0.3, -0.25) is 9.59 Å². The monoisotopic (exact) mass is 397 g/mol. The quantitative estimate of drug-likeness (QED) is 0.765. The van der Waals surface area contributed by atoms with E-state index in [0.29, 0.717) is 24.3 Å². The molecule has 3 heterocycles. The SMILES string of the molecule is O=C1CCCN1Cc1cn(C2CN(C(=O)CC34CC5CC(CC(C5)C3)C4)C2)nn1. The van der Waals surface area contributed by atoms with Crippen LogP contribution in [-0.2, 0) is 16.1 Å². The minimum absolute atomic E-state index is 0.213. The van der Waals surface area contributed by atoms with Crippen molar-refractivity contribution in [3.05, 3.63) is 11.9 Å². The predicted molar refractivity (Wildman–Crippen MR) is 106 cm³/mol. The minimum Gasteiger partial charge on any atom is -0.338 e. The van der Waals surface area contributed by atoms with Crippen LogP contribution in [0.3, 0.4) is 0 Å². The van der Waals surface area contributed by atoms with E-state index in [-0.39, 0.29) is 11.9 Å². The average molecular weight is 398 g/mol. The molecule has 2 amide bonds. The van der Waals surface area contributed by atoms with E-state index in [0.717, 1.165) is 55.9 Å². The fourth-order valence-electron chi connectivity index (χ4n) is 7.40. The topological polar surface area (TPSA) is 71.3 Å². The lowest BCUT2D eigenvalue weighted by molar-refractivity contribution is -0.145. The van der Waals surface area contributed by atoms with Crippen molar-refractivity contribution < 1.29 is 9.59 Å². The number of aromatic nitrogens is 3. The van der Waals surface area contributed by atoms with Crippen molar-refractivity contribution in [2.75, 3.05) is 19.6 Å². The van der Waals surface area contributed by atoms with Gasteiger partial charge in [-0.25, -0.2) is 4.68 Å². The number of likely N-dealkylation sites (tertiary alicyclic amines) is 2. The Morgan fingerprint density at radius 2 is 1.79 bits per heavy atom. The number of hydrogen-bond acceptors (Lipinski definition) is 4. The smallest absolute Gasteiger partial charge is 0.223 e. The lowest BCUT2D eigenvalue weighted by Crippen LogP contribution is -2.54. The summed E-state index contributed by atoms with van der Waals surface area (Å²) < 4.78 is 1.89. The molecule has 7 nitrogen and oxygen atoms in total. The van der Waals surface area contributed by atoms with Gasteiger partial charge in [0.15, 0.2) is 0 Å². The fraction of sp³-hybridized carbons (Fsp3) is 0.818. The molecule has 0 spiro atoms. The van der Waals surface area contributed by atoms with Gasteiger partial charge in [-0.15, -0.1) is 5.10 Å². The second-order valence-corrected chi connectivity index (χ2v) is 10.7. The van der Waals surface area contributed by atoms with E-state index in [9.17, 15) is 9.59 Å². The number of rotatable bonds is 5. The maximum absolute atomic E-state index is 13.0. The lowest BCUT2D eigenvalue weighted by Gasteiger charge is -2.57. The van der Waals surface area contributed by atoms with Gasteiger partial charge in [0.1, 0.15) is 5.69 Å². The third-order valence-electron chi connectivity index (χ3n) is 8.36. The molecule has 0 N–H and O–H groups in total. The highest BCUT2D eigenvalue weighted by molar-refractivity contribution is 5.78. The van der Waals surface area contributed by atoms with E-state index < -0.39 is 0 Å². The average Bonchev–Trinajstić information content (AvgIpc) is 3.22. The van der Waals surface area contributed by atoms with Crippen LogP contribution in [0.15, 0.2) is 6.20 Å². The summed E-state index contributed by atoms with van der Waals surface area (Å²) in [5.74, 6) is 3.26. The molecular weight excluding hydrogens is 366 g/mol. The molecule has 0 atom stereocenters. The number of carbonyl (C=O) groups excluding carboxylic acids is 2. The van der Waals surface area contributed by atoms with Crippen LogP contribution in [0.2, 0.25) is 0 Å². The second-order valence-electron chi connectivity index (χ2n) is 10.7. The summed E-state index contributed by atoms with van der Waals surface area (Å²) in [6, 6.07) is 0.228. The van der Waals surface area contributed by atoms with Gasteiger partial charge in [-0.1, -0.05) is 5.21 Å². The first-order valence-corrected chi connectivity index (χ1v) is 11.5. The molecule has 1 aromatic rings. The Hall–Kier alpha value is -1.92. The van der Waals surface area contributed by atoms with Crippen molar-refractivity contribution in [2.24, 2.45) is 23.2 Å². The largest absolute Gasteiger partial charge is 0.338 e. The first kappa shape index (κ1) is 17.9. The molecule has 7 heteroatoms. The fourth-order valence-corrected chi connectivity index (χ4v) is 7.40. The van der Waals surface area contributed by atoms with Crippen LogP contribution in [0.1, 0.15) is 69.5 Å². The van der Waals surface area contributed by atoms with E-state index >= 15 is 0 Å². The third-order valence-corrected chi connectivity index (χ3v) is 8.36. The van der Waals surface area contributed by atoms with Gasteiger partial charge in [-0.2, -0.15) is 0 Å². The first-order chi connectivity index (χ1) is 14.1. The molecular formula is C22H31N5O2. The standard InChI is InChI=1S/C22H31N5O2/c28-20-2-1-3-25(20)11-18-12-27(24-23-18)19-13-26(14-19)21(29)10-22-7-15-4-16(8-22)6-17(5-15)9-22/h12,15-17,19H,1-11,13-14H2. The summed E-state index contributed by atoms with van der Waals surface area (Å²) in [4.78, 5) is 28.7. The number of nitrogens with zero attached hydrogens (tertiary/aromatic N) is 5. The van der Waals surface area contributed by atoms with E-state index in [1.165, 1.54) is 38.5 Å². The van der Waals surface area contributed by atoms with Crippen molar-refractivity contribution in [2.45, 2.75) is 70.4 Å². The predicted octanol–water partition coefficient (Wildman–Crippen LogP) is 2.39. The Kier molecular flexibility index (Phi) is 4.04. The van der Waals surface area contributed by atoms with Gasteiger partial charge < -0.3 is 9.80 Å². The second kappa shape index (κ2) is 6.54. The Labute approximate surface area is 171 Å². The molecule has 1 aromatic heterocycles. The van der Waals surface area contributed by atoms with Gasteiger partial charge in [0.05, 0.1) is 18.8 Å². The summed E-state index contributed by atoms with van der Waals surface area (Å²) in [5.41, 5.74) is 1.16. The zero-order valence-corrected chi connectivity index (χ0v) is 17.1. The van der Waals surface area contributed by atoms with Gasteiger partial charge >= 0.3 is 0 Å². The lowest BCUT2D eigenvalue weighted by atomic mass is 9.49. The van der Waals surface area contributed by atoms with Crippen LogP contribution < -0.4 is 0 Å². The van der Waals surface area contributed by atoms with E-state index in [4.69, 9.17) is 0 Å². The Morgan fingerprint density at radius 3 is 2.41 bits per heavy atom. The van der Waals surface area contributed by atoms with Crippen molar-refractivity contribution in [1.29, 1.82) is 0 Å². The molecule has 4 aliphatic carbocycles. The van der Waals surface area contributed by atoms with Crippen LogP contribution in [0.25, 0.3) is 0 Å². The number of amides is 2. The maximum Gasteiger partial charge on any atom is 0.223 e. The van der Waals surface area contributed by atoms with Gasteiger partial charge in [0.2, 0.25) is 11.8 Å². The molecule has 4 bridgehead atoms. The highest BCUT2D eigenvalue weighted by Gasteiger charge is 2.52. The van der Waals surface area contributed by atoms with Crippen LogP contribution in [0.4, 0.5) is 0 Å². The number of carbonyl (C=O) groups is 2. The Morgan fingerprint density at radius 1 is 1.10 bits per heavy atom. The van der Waals surface area contributed by atoms with Gasteiger partial charge in [0.25, 0.3) is 0 Å². The highest BCUT2D eigenvalue weighted by atomic mass is 16.2. The maximum atomic E-state index is 13.0. The summed E-state index contributed by atoms with van der Waals surface area (Å²) >= 11 is 0. The van der Waals surface area contributed by atoms with E-state index in [2.05, 4.69) is 10.3 Å². The van der Waals surface area contributed by atoms with Gasteiger partial charge in [0, 0.05) is 32.5 Å². The molecule has 0 radical (unpaired) electrons. The molecule has 156 valence electrons. The van der Waals surface area contributed by atoms with Crippen LogP contribution in [0, 0.1) is 23.2 Å². The molecule has 2 aliphatic heterocycles. The zero-order valence-electron chi connectivity index (χ0n) is 17.1.